The zero-order valence-electron chi connectivity index (χ0n) is 20.8. The van der Waals surface area contributed by atoms with Crippen LogP contribution in [-0.2, 0) is 9.59 Å². The summed E-state index contributed by atoms with van der Waals surface area (Å²) in [5.74, 6) is 2.58. The van der Waals surface area contributed by atoms with Crippen LogP contribution in [0.3, 0.4) is 0 Å². The van der Waals surface area contributed by atoms with E-state index in [4.69, 9.17) is 9.26 Å². The van der Waals surface area contributed by atoms with Crippen molar-refractivity contribution in [2.24, 2.45) is 5.92 Å². The third-order valence-electron chi connectivity index (χ3n) is 6.72. The van der Waals surface area contributed by atoms with E-state index in [0.717, 1.165) is 22.8 Å². The Morgan fingerprint density at radius 3 is 2.44 bits per heavy atom. The van der Waals surface area contributed by atoms with Crippen LogP contribution in [0.5, 0.6) is 5.75 Å². The van der Waals surface area contributed by atoms with Crippen molar-refractivity contribution in [2.45, 2.75) is 26.2 Å². The number of pyridine rings is 1. The number of rotatable bonds is 6. The summed E-state index contributed by atoms with van der Waals surface area (Å²) in [5, 5.41) is 4.04. The summed E-state index contributed by atoms with van der Waals surface area (Å²) < 4.78 is 10.5. The lowest BCUT2D eigenvalue weighted by Gasteiger charge is -2.36. The van der Waals surface area contributed by atoms with Crippen LogP contribution in [-0.4, -0.2) is 71.7 Å². The van der Waals surface area contributed by atoms with Gasteiger partial charge >= 0.3 is 0 Å². The van der Waals surface area contributed by atoms with Gasteiger partial charge in [-0.3, -0.25) is 9.59 Å². The molecule has 5 rings (SSSR count). The minimum atomic E-state index is -0.325. The highest BCUT2D eigenvalue weighted by atomic mass is 16.5. The van der Waals surface area contributed by atoms with E-state index in [9.17, 15) is 9.59 Å². The summed E-state index contributed by atoms with van der Waals surface area (Å²) in [7, 11) is 1.61. The quantitative estimate of drug-likeness (QED) is 0.519. The second-order valence-electron chi connectivity index (χ2n) is 9.43. The van der Waals surface area contributed by atoms with Gasteiger partial charge in [0, 0.05) is 62.5 Å². The molecule has 2 aliphatic rings. The van der Waals surface area contributed by atoms with Gasteiger partial charge < -0.3 is 24.0 Å². The molecule has 2 aromatic heterocycles. The monoisotopic (exact) mass is 490 g/mol. The third-order valence-corrected chi connectivity index (χ3v) is 6.72. The fraction of sp³-hybridized carbons (Fsp3) is 0.423. The summed E-state index contributed by atoms with van der Waals surface area (Å²) in [6, 6.07) is 11.2. The van der Waals surface area contributed by atoms with Crippen molar-refractivity contribution >= 4 is 23.3 Å². The second kappa shape index (κ2) is 9.96. The van der Waals surface area contributed by atoms with Gasteiger partial charge in [-0.15, -0.1) is 0 Å². The average Bonchev–Trinajstić information content (AvgIpc) is 3.56. The molecule has 188 valence electrons. The molecule has 2 saturated heterocycles. The molecule has 3 aromatic rings. The van der Waals surface area contributed by atoms with Crippen molar-refractivity contribution in [3.8, 4) is 17.1 Å². The fourth-order valence-electron chi connectivity index (χ4n) is 4.59. The maximum atomic E-state index is 13.2. The van der Waals surface area contributed by atoms with Gasteiger partial charge in [0.05, 0.1) is 13.0 Å². The van der Waals surface area contributed by atoms with Crippen LogP contribution >= 0.6 is 0 Å². The first-order valence-corrected chi connectivity index (χ1v) is 12.2. The normalized spacial score (nSPS) is 18.3. The van der Waals surface area contributed by atoms with E-state index in [1.54, 1.807) is 18.2 Å². The zero-order chi connectivity index (χ0) is 25.2. The van der Waals surface area contributed by atoms with Gasteiger partial charge in [-0.05, 0) is 36.4 Å². The standard InChI is InChI=1S/C26H30N6O4/c1-17(2)25-28-24(29-36-25)18-4-9-22(27-15-18)30-10-12-31(13-11-30)26(34)19-14-23(33)32(16-19)20-5-7-21(35-3)8-6-20/h4-9,15,17,19H,10-14,16H2,1-3H3. The van der Waals surface area contributed by atoms with Crippen LogP contribution in [0.15, 0.2) is 47.1 Å². The molecule has 1 unspecified atom stereocenters. The van der Waals surface area contributed by atoms with E-state index in [1.807, 2.05) is 55.1 Å². The average molecular weight is 491 g/mol. The van der Waals surface area contributed by atoms with Gasteiger partial charge in [0.15, 0.2) is 0 Å². The molecule has 36 heavy (non-hydrogen) atoms. The first-order chi connectivity index (χ1) is 17.4. The second-order valence-corrected chi connectivity index (χ2v) is 9.43. The number of methoxy groups -OCH3 is 1. The molecule has 0 saturated carbocycles. The number of nitrogens with zero attached hydrogens (tertiary/aromatic N) is 6. The minimum absolute atomic E-state index is 0.0245. The first kappa shape index (κ1) is 23.8. The van der Waals surface area contributed by atoms with E-state index in [2.05, 4.69) is 20.0 Å². The SMILES string of the molecule is COc1ccc(N2CC(C(=O)N3CCN(c4ccc(-c5noc(C(C)C)n5)cn4)CC3)CC2=O)cc1. The predicted molar refractivity (Wildman–Crippen MR) is 134 cm³/mol. The fourth-order valence-corrected chi connectivity index (χ4v) is 4.59. The topological polar surface area (TPSA) is 105 Å². The van der Waals surface area contributed by atoms with Crippen molar-refractivity contribution in [2.75, 3.05) is 49.6 Å². The Morgan fingerprint density at radius 1 is 1.08 bits per heavy atom. The summed E-state index contributed by atoms with van der Waals surface area (Å²) in [4.78, 5) is 40.5. The van der Waals surface area contributed by atoms with Gasteiger partial charge in [0.25, 0.3) is 0 Å². The molecule has 0 aliphatic carbocycles. The number of hydrogen-bond acceptors (Lipinski definition) is 8. The van der Waals surface area contributed by atoms with Crippen molar-refractivity contribution in [1.29, 1.82) is 0 Å². The lowest BCUT2D eigenvalue weighted by Crippen LogP contribution is -2.51. The van der Waals surface area contributed by atoms with E-state index in [0.29, 0.717) is 44.4 Å². The van der Waals surface area contributed by atoms with E-state index < -0.39 is 0 Å². The number of ether oxygens (including phenoxy) is 1. The number of carbonyl (C=O) groups excluding carboxylic acids is 2. The molecule has 10 heteroatoms. The summed E-state index contributed by atoms with van der Waals surface area (Å²) in [6.07, 6.45) is 1.99. The maximum Gasteiger partial charge on any atom is 0.229 e. The highest BCUT2D eigenvalue weighted by Crippen LogP contribution is 2.28. The number of piperazine rings is 1. The summed E-state index contributed by atoms with van der Waals surface area (Å²) in [6.45, 7) is 6.97. The summed E-state index contributed by atoms with van der Waals surface area (Å²) in [5.41, 5.74) is 1.59. The van der Waals surface area contributed by atoms with E-state index >= 15 is 0 Å². The van der Waals surface area contributed by atoms with Crippen LogP contribution < -0.4 is 14.5 Å². The molecule has 4 heterocycles. The number of carbonyl (C=O) groups is 2. The van der Waals surface area contributed by atoms with E-state index in [1.165, 1.54) is 0 Å². The Hall–Kier alpha value is -3.95. The highest BCUT2D eigenvalue weighted by molar-refractivity contribution is 6.00. The Kier molecular flexibility index (Phi) is 6.58. The van der Waals surface area contributed by atoms with Gasteiger partial charge in [-0.1, -0.05) is 19.0 Å². The number of hydrogen-bond donors (Lipinski definition) is 0. The lowest BCUT2D eigenvalue weighted by molar-refractivity contribution is -0.136. The molecular weight excluding hydrogens is 460 g/mol. The van der Waals surface area contributed by atoms with Crippen LogP contribution in [0.25, 0.3) is 11.4 Å². The zero-order valence-corrected chi connectivity index (χ0v) is 20.8. The first-order valence-electron chi connectivity index (χ1n) is 12.2. The van der Waals surface area contributed by atoms with Gasteiger partial charge in [0.1, 0.15) is 11.6 Å². The van der Waals surface area contributed by atoms with Crippen LogP contribution in [0.4, 0.5) is 11.5 Å². The molecule has 1 aromatic carbocycles. The number of anilines is 2. The van der Waals surface area contributed by atoms with Crippen molar-refractivity contribution in [3.63, 3.8) is 0 Å². The Bertz CT molecular complexity index is 1220. The minimum Gasteiger partial charge on any atom is -0.497 e. The van der Waals surface area contributed by atoms with Gasteiger partial charge in [-0.2, -0.15) is 4.98 Å². The molecule has 10 nitrogen and oxygen atoms in total. The van der Waals surface area contributed by atoms with Crippen LogP contribution in [0.2, 0.25) is 0 Å². The van der Waals surface area contributed by atoms with Gasteiger partial charge in [-0.25, -0.2) is 4.98 Å². The Morgan fingerprint density at radius 2 is 1.83 bits per heavy atom. The van der Waals surface area contributed by atoms with Crippen molar-refractivity contribution < 1.29 is 18.8 Å². The Balaban J connectivity index is 1.16. The summed E-state index contributed by atoms with van der Waals surface area (Å²) >= 11 is 0. The predicted octanol–water partition coefficient (Wildman–Crippen LogP) is 2.97. The van der Waals surface area contributed by atoms with Gasteiger partial charge in [0.2, 0.25) is 23.5 Å². The smallest absolute Gasteiger partial charge is 0.229 e. The van der Waals surface area contributed by atoms with Crippen LogP contribution in [0.1, 0.15) is 32.1 Å². The molecule has 2 amide bonds. The molecule has 2 fully saturated rings. The number of benzene rings is 1. The lowest BCUT2D eigenvalue weighted by atomic mass is 10.1. The largest absolute Gasteiger partial charge is 0.497 e. The number of amides is 2. The van der Waals surface area contributed by atoms with Crippen molar-refractivity contribution in [1.82, 2.24) is 20.0 Å². The third kappa shape index (κ3) is 4.75. The molecular formula is C26H30N6O4. The number of aromatic nitrogens is 3. The maximum absolute atomic E-state index is 13.2. The molecule has 0 spiro atoms. The Labute approximate surface area is 209 Å². The molecule has 1 atom stereocenters. The van der Waals surface area contributed by atoms with Crippen LogP contribution in [0, 0.1) is 5.92 Å². The van der Waals surface area contributed by atoms with Crippen molar-refractivity contribution in [3.05, 3.63) is 48.5 Å². The molecule has 2 aliphatic heterocycles. The molecule has 0 bridgehead atoms. The molecule has 0 radical (unpaired) electrons. The van der Waals surface area contributed by atoms with E-state index in [-0.39, 0.29) is 30.1 Å². The highest BCUT2D eigenvalue weighted by Gasteiger charge is 2.38. The molecule has 0 N–H and O–H groups in total.